The second-order valence-electron chi connectivity index (χ2n) is 8.62. The zero-order chi connectivity index (χ0) is 20.1. The molecule has 2 aliphatic rings. The van der Waals surface area contributed by atoms with E-state index in [1.165, 1.54) is 0 Å². The number of halogens is 1. The van der Waals surface area contributed by atoms with Gasteiger partial charge in [0.25, 0.3) is 0 Å². The van der Waals surface area contributed by atoms with Gasteiger partial charge in [0.15, 0.2) is 5.96 Å². The Morgan fingerprint density at radius 3 is 2.34 bits per heavy atom. The highest BCUT2D eigenvalue weighted by molar-refractivity contribution is 14.0. The molecular weight excluding hydrogens is 483 g/mol. The van der Waals surface area contributed by atoms with Crippen LogP contribution >= 0.6 is 24.0 Å². The smallest absolute Gasteiger partial charge is 0.236 e. The van der Waals surface area contributed by atoms with Crippen LogP contribution in [0.2, 0.25) is 0 Å². The third-order valence-corrected chi connectivity index (χ3v) is 5.39. The van der Waals surface area contributed by atoms with Gasteiger partial charge in [-0.15, -0.1) is 24.0 Å². The van der Waals surface area contributed by atoms with Crippen molar-refractivity contribution in [1.82, 2.24) is 25.0 Å². The first-order valence-electron chi connectivity index (χ1n) is 10.3. The molecule has 0 radical (unpaired) electrons. The Hall–Kier alpha value is -1.36. The number of hydrogen-bond donors (Lipinski definition) is 1. The van der Waals surface area contributed by atoms with Crippen LogP contribution in [0.4, 0.5) is 0 Å². The third-order valence-electron chi connectivity index (χ3n) is 5.39. The van der Waals surface area contributed by atoms with Crippen LogP contribution in [0.5, 0.6) is 0 Å². The number of carbonyl (C=O) groups is 1. The number of aliphatic imine (C=N–C) groups is 1. The van der Waals surface area contributed by atoms with Crippen LogP contribution in [-0.2, 0) is 16.8 Å². The van der Waals surface area contributed by atoms with Crippen molar-refractivity contribution in [3.63, 3.8) is 0 Å². The van der Waals surface area contributed by atoms with Gasteiger partial charge in [0.2, 0.25) is 11.8 Å². The van der Waals surface area contributed by atoms with E-state index < -0.39 is 0 Å². The van der Waals surface area contributed by atoms with Gasteiger partial charge in [-0.3, -0.25) is 14.7 Å². The van der Waals surface area contributed by atoms with Gasteiger partial charge in [-0.1, -0.05) is 20.8 Å². The van der Waals surface area contributed by atoms with Gasteiger partial charge in [-0.25, -0.2) is 4.98 Å². The number of likely N-dealkylation sites (tertiary alicyclic amines) is 1. The van der Waals surface area contributed by atoms with E-state index in [1.807, 2.05) is 4.90 Å². The zero-order valence-electron chi connectivity index (χ0n) is 18.1. The number of aromatic nitrogens is 1. The lowest BCUT2D eigenvalue weighted by Crippen LogP contribution is -2.54. The number of oxazole rings is 1. The summed E-state index contributed by atoms with van der Waals surface area (Å²) in [6, 6.07) is 0. The Morgan fingerprint density at radius 2 is 1.79 bits per heavy atom. The van der Waals surface area contributed by atoms with Crippen LogP contribution in [-0.4, -0.2) is 84.4 Å². The van der Waals surface area contributed by atoms with E-state index in [-0.39, 0.29) is 35.3 Å². The van der Waals surface area contributed by atoms with Gasteiger partial charge in [0.05, 0.1) is 19.3 Å². The minimum absolute atomic E-state index is 0. The summed E-state index contributed by atoms with van der Waals surface area (Å²) in [5, 5.41) is 3.35. The molecule has 1 aromatic heterocycles. The van der Waals surface area contributed by atoms with Crippen LogP contribution in [0.25, 0.3) is 0 Å². The summed E-state index contributed by atoms with van der Waals surface area (Å²) in [5.74, 6) is 2.67. The molecule has 8 nitrogen and oxygen atoms in total. The summed E-state index contributed by atoms with van der Waals surface area (Å²) in [6.45, 7) is 12.7. The van der Waals surface area contributed by atoms with Crippen molar-refractivity contribution in [3.8, 4) is 0 Å². The fraction of sp³-hybridized carbons (Fsp3) is 0.750. The van der Waals surface area contributed by atoms with Gasteiger partial charge >= 0.3 is 0 Å². The molecule has 0 aromatic carbocycles. The van der Waals surface area contributed by atoms with E-state index in [0.717, 1.165) is 63.8 Å². The standard InChI is InChI=1S/C20H34N6O2.HI/c1-20(2,3)16-13-22-17(28-16)14-23-19(21-4)26-11-9-24(10-12-26)15-18(27)25-7-5-6-8-25;/h13H,5-12,14-15H2,1-4H3,(H,21,23);1H. The van der Waals surface area contributed by atoms with Gasteiger partial charge < -0.3 is 19.5 Å². The first-order chi connectivity index (χ1) is 13.4. The normalized spacial score (nSPS) is 18.7. The average molecular weight is 518 g/mol. The van der Waals surface area contributed by atoms with Gasteiger partial charge in [0.1, 0.15) is 5.76 Å². The molecule has 2 fully saturated rings. The Labute approximate surface area is 191 Å². The molecule has 0 bridgehead atoms. The highest BCUT2D eigenvalue weighted by Crippen LogP contribution is 2.22. The second-order valence-corrected chi connectivity index (χ2v) is 8.62. The van der Waals surface area contributed by atoms with Crippen LogP contribution < -0.4 is 5.32 Å². The fourth-order valence-corrected chi connectivity index (χ4v) is 3.60. The Morgan fingerprint density at radius 1 is 1.14 bits per heavy atom. The van der Waals surface area contributed by atoms with Crippen molar-refractivity contribution < 1.29 is 9.21 Å². The molecule has 29 heavy (non-hydrogen) atoms. The quantitative estimate of drug-likeness (QED) is 0.373. The lowest BCUT2D eigenvalue weighted by Gasteiger charge is -2.36. The summed E-state index contributed by atoms with van der Waals surface area (Å²) in [5.41, 5.74) is -0.0459. The van der Waals surface area contributed by atoms with Crippen molar-refractivity contribution in [2.75, 3.05) is 52.9 Å². The number of amides is 1. The van der Waals surface area contributed by atoms with E-state index >= 15 is 0 Å². The van der Waals surface area contributed by atoms with Gasteiger partial charge in [-0.2, -0.15) is 0 Å². The van der Waals surface area contributed by atoms with Gasteiger partial charge in [0, 0.05) is 51.7 Å². The summed E-state index contributed by atoms with van der Waals surface area (Å²) < 4.78 is 5.84. The fourth-order valence-electron chi connectivity index (χ4n) is 3.60. The molecule has 1 amide bonds. The van der Waals surface area contributed by atoms with Crippen molar-refractivity contribution >= 4 is 35.8 Å². The van der Waals surface area contributed by atoms with Crippen LogP contribution in [0.15, 0.2) is 15.6 Å². The number of piperazine rings is 1. The molecule has 0 spiro atoms. The van der Waals surface area contributed by atoms with Crippen LogP contribution in [0.1, 0.15) is 45.3 Å². The van der Waals surface area contributed by atoms with Gasteiger partial charge in [-0.05, 0) is 12.8 Å². The topological polar surface area (TPSA) is 77.2 Å². The second kappa shape index (κ2) is 10.6. The molecule has 3 rings (SSSR count). The number of guanidine groups is 1. The monoisotopic (exact) mass is 518 g/mol. The highest BCUT2D eigenvalue weighted by Gasteiger charge is 2.25. The van der Waals surface area contributed by atoms with Crippen LogP contribution in [0.3, 0.4) is 0 Å². The minimum atomic E-state index is -0.0459. The van der Waals surface area contributed by atoms with E-state index in [2.05, 4.69) is 45.9 Å². The summed E-state index contributed by atoms with van der Waals surface area (Å²) in [7, 11) is 1.79. The van der Waals surface area contributed by atoms with Crippen LogP contribution in [0, 0.1) is 0 Å². The predicted molar refractivity (Wildman–Crippen MR) is 125 cm³/mol. The number of hydrogen-bond acceptors (Lipinski definition) is 5. The SMILES string of the molecule is CN=C(NCc1ncc(C(C)(C)C)o1)N1CCN(CC(=O)N2CCCC2)CC1.I. The molecule has 0 atom stereocenters. The molecule has 3 heterocycles. The van der Waals surface area contributed by atoms with Crippen molar-refractivity contribution in [1.29, 1.82) is 0 Å². The summed E-state index contributed by atoms with van der Waals surface area (Å²) in [6.07, 6.45) is 4.09. The minimum Gasteiger partial charge on any atom is -0.443 e. The number of nitrogens with one attached hydrogen (secondary N) is 1. The molecule has 0 aliphatic carbocycles. The average Bonchev–Trinajstić information content (AvgIpc) is 3.35. The van der Waals surface area contributed by atoms with Crippen molar-refractivity contribution in [3.05, 3.63) is 17.8 Å². The number of nitrogens with zero attached hydrogens (tertiary/aromatic N) is 5. The molecule has 1 aromatic rings. The van der Waals surface area contributed by atoms with E-state index in [1.54, 1.807) is 13.2 Å². The lowest BCUT2D eigenvalue weighted by molar-refractivity contribution is -0.131. The largest absolute Gasteiger partial charge is 0.443 e. The van der Waals surface area contributed by atoms with Crippen molar-refractivity contribution in [2.45, 2.75) is 45.6 Å². The first-order valence-corrected chi connectivity index (χ1v) is 10.3. The molecule has 2 aliphatic heterocycles. The molecule has 0 unspecified atom stereocenters. The van der Waals surface area contributed by atoms with E-state index in [9.17, 15) is 4.79 Å². The van der Waals surface area contributed by atoms with E-state index in [4.69, 9.17) is 4.42 Å². The first kappa shape index (κ1) is 23.9. The van der Waals surface area contributed by atoms with E-state index in [0.29, 0.717) is 19.0 Å². The lowest BCUT2D eigenvalue weighted by atomic mass is 9.94. The molecule has 9 heteroatoms. The Kier molecular flexibility index (Phi) is 8.74. The predicted octanol–water partition coefficient (Wildman–Crippen LogP) is 1.91. The number of carbonyl (C=O) groups excluding carboxylic acids is 1. The summed E-state index contributed by atoms with van der Waals surface area (Å²) >= 11 is 0. The van der Waals surface area contributed by atoms with Crippen molar-refractivity contribution in [2.24, 2.45) is 4.99 Å². The maximum Gasteiger partial charge on any atom is 0.236 e. The third kappa shape index (κ3) is 6.56. The molecule has 164 valence electrons. The molecule has 1 N–H and O–H groups in total. The molecular formula is C20H35IN6O2. The molecule has 2 saturated heterocycles. The Bertz CT molecular complexity index is 685. The number of rotatable bonds is 4. The zero-order valence-corrected chi connectivity index (χ0v) is 20.4. The maximum absolute atomic E-state index is 12.3. The Balaban J connectivity index is 0.00000300. The summed E-state index contributed by atoms with van der Waals surface area (Å²) in [4.78, 5) is 27.6. The highest BCUT2D eigenvalue weighted by atomic mass is 127. The maximum atomic E-state index is 12.3. The molecule has 0 saturated carbocycles.